The number of nitrogens with one attached hydrogen (secondary N) is 1. The van der Waals surface area contributed by atoms with Crippen molar-refractivity contribution >= 4 is 28.9 Å². The minimum absolute atomic E-state index is 0.229. The first-order valence-corrected chi connectivity index (χ1v) is 6.53. The summed E-state index contributed by atoms with van der Waals surface area (Å²) in [4.78, 5) is 12.2. The smallest absolute Gasteiger partial charge is 0.272 e. The first-order chi connectivity index (χ1) is 9.55. The highest BCUT2D eigenvalue weighted by Crippen LogP contribution is 2.27. The molecule has 3 N–H and O–H groups in total. The van der Waals surface area contributed by atoms with Crippen molar-refractivity contribution in [3.8, 4) is 5.75 Å². The van der Waals surface area contributed by atoms with Crippen molar-refractivity contribution in [3.05, 3.63) is 41.2 Å². The van der Waals surface area contributed by atoms with Crippen LogP contribution >= 0.6 is 11.6 Å². The fourth-order valence-corrected chi connectivity index (χ4v) is 2.11. The normalized spacial score (nSPS) is 10.3. The summed E-state index contributed by atoms with van der Waals surface area (Å²) in [6.45, 7) is 2.62. The van der Waals surface area contributed by atoms with Gasteiger partial charge in [0.15, 0.2) is 0 Å². The van der Waals surface area contributed by atoms with Gasteiger partial charge in [0, 0.05) is 24.5 Å². The molecule has 1 heterocycles. The summed E-state index contributed by atoms with van der Waals surface area (Å²) >= 11 is 5.94. The first-order valence-electron chi connectivity index (χ1n) is 6.15. The molecular formula is C14H16ClN3O2. The number of benzene rings is 1. The second kappa shape index (κ2) is 5.88. The summed E-state index contributed by atoms with van der Waals surface area (Å²) in [5, 5.41) is 3.29. The molecule has 1 aromatic carbocycles. The third-order valence-corrected chi connectivity index (χ3v) is 3.21. The van der Waals surface area contributed by atoms with E-state index in [9.17, 15) is 4.79 Å². The van der Waals surface area contributed by atoms with Crippen LogP contribution in [0.15, 0.2) is 30.5 Å². The van der Waals surface area contributed by atoms with E-state index >= 15 is 0 Å². The number of carbonyl (C=O) groups is 1. The highest BCUT2D eigenvalue weighted by molar-refractivity contribution is 6.32. The van der Waals surface area contributed by atoms with Gasteiger partial charge in [-0.3, -0.25) is 4.79 Å². The van der Waals surface area contributed by atoms with Crippen LogP contribution in [0.4, 0.5) is 11.4 Å². The zero-order valence-electron chi connectivity index (χ0n) is 11.3. The van der Waals surface area contributed by atoms with Crippen LogP contribution in [0.3, 0.4) is 0 Å². The van der Waals surface area contributed by atoms with Gasteiger partial charge in [0.25, 0.3) is 5.91 Å². The molecule has 0 aliphatic carbocycles. The van der Waals surface area contributed by atoms with E-state index in [2.05, 4.69) is 5.32 Å². The average Bonchev–Trinajstić information content (AvgIpc) is 2.82. The number of nitrogens with zero attached hydrogens (tertiary/aromatic N) is 1. The van der Waals surface area contributed by atoms with Crippen molar-refractivity contribution in [2.24, 2.45) is 0 Å². The third-order valence-electron chi connectivity index (χ3n) is 2.90. The van der Waals surface area contributed by atoms with Gasteiger partial charge in [0.1, 0.15) is 11.4 Å². The standard InChI is InChI=1S/C14H16ClN3O2/c1-3-18-8-9(16)6-12(18)14(19)17-10-4-5-11(15)13(7-10)20-2/h4-8H,3,16H2,1-2H3,(H,17,19). The maximum Gasteiger partial charge on any atom is 0.272 e. The number of methoxy groups -OCH3 is 1. The van der Waals surface area contributed by atoms with Crippen LogP contribution in [0.25, 0.3) is 0 Å². The van der Waals surface area contributed by atoms with Crippen molar-refractivity contribution in [1.29, 1.82) is 0 Å². The minimum Gasteiger partial charge on any atom is -0.495 e. The molecule has 5 nitrogen and oxygen atoms in total. The largest absolute Gasteiger partial charge is 0.495 e. The number of aromatic nitrogens is 1. The third kappa shape index (κ3) is 2.88. The van der Waals surface area contributed by atoms with Crippen molar-refractivity contribution in [2.75, 3.05) is 18.2 Å². The predicted octanol–water partition coefficient (Wildman–Crippen LogP) is 3.00. The fraction of sp³-hybridized carbons (Fsp3) is 0.214. The zero-order valence-corrected chi connectivity index (χ0v) is 12.1. The highest BCUT2D eigenvalue weighted by Gasteiger charge is 2.13. The Kier molecular flexibility index (Phi) is 4.20. The molecule has 106 valence electrons. The fourth-order valence-electron chi connectivity index (χ4n) is 1.92. The second-order valence-electron chi connectivity index (χ2n) is 4.25. The van der Waals surface area contributed by atoms with Crippen molar-refractivity contribution < 1.29 is 9.53 Å². The van der Waals surface area contributed by atoms with Gasteiger partial charge in [0.2, 0.25) is 0 Å². The van der Waals surface area contributed by atoms with Crippen LogP contribution in [-0.2, 0) is 6.54 Å². The number of nitrogen functional groups attached to an aromatic ring is 1. The van der Waals surface area contributed by atoms with Gasteiger partial charge in [-0.05, 0) is 25.1 Å². The molecule has 2 aromatic rings. The summed E-state index contributed by atoms with van der Waals surface area (Å²) in [6, 6.07) is 6.70. The molecule has 1 aromatic heterocycles. The highest BCUT2D eigenvalue weighted by atomic mass is 35.5. The Balaban J connectivity index is 2.23. The molecule has 0 saturated heterocycles. The Morgan fingerprint density at radius 1 is 1.45 bits per heavy atom. The quantitative estimate of drug-likeness (QED) is 0.910. The Labute approximate surface area is 122 Å². The van der Waals surface area contributed by atoms with Crippen molar-refractivity contribution in [2.45, 2.75) is 13.5 Å². The molecule has 2 rings (SSSR count). The van der Waals surface area contributed by atoms with Crippen molar-refractivity contribution in [3.63, 3.8) is 0 Å². The Hall–Kier alpha value is -2.14. The molecule has 0 aliphatic rings. The Bertz CT molecular complexity index is 637. The van der Waals surface area contributed by atoms with E-state index in [1.807, 2.05) is 6.92 Å². The molecule has 0 atom stereocenters. The number of anilines is 2. The summed E-state index contributed by atoms with van der Waals surface area (Å²) in [7, 11) is 1.52. The number of ether oxygens (including phenoxy) is 1. The lowest BCUT2D eigenvalue weighted by atomic mass is 10.3. The van der Waals surface area contributed by atoms with Crippen molar-refractivity contribution in [1.82, 2.24) is 4.57 Å². The van der Waals surface area contributed by atoms with E-state index in [1.54, 1.807) is 35.0 Å². The van der Waals surface area contributed by atoms with E-state index in [0.717, 1.165) is 0 Å². The van der Waals surface area contributed by atoms with Crippen LogP contribution in [0.5, 0.6) is 5.75 Å². The molecule has 0 spiro atoms. The van der Waals surface area contributed by atoms with Gasteiger partial charge >= 0.3 is 0 Å². The number of halogens is 1. The lowest BCUT2D eigenvalue weighted by Gasteiger charge is -2.09. The molecule has 1 amide bonds. The van der Waals surface area contributed by atoms with E-state index in [0.29, 0.717) is 34.4 Å². The number of hydrogen-bond donors (Lipinski definition) is 2. The monoisotopic (exact) mass is 293 g/mol. The Morgan fingerprint density at radius 3 is 2.85 bits per heavy atom. The van der Waals surface area contributed by atoms with E-state index < -0.39 is 0 Å². The van der Waals surface area contributed by atoms with Gasteiger partial charge in [-0.15, -0.1) is 0 Å². The van der Waals surface area contributed by atoms with Gasteiger partial charge in [-0.1, -0.05) is 11.6 Å². The van der Waals surface area contributed by atoms with Gasteiger partial charge in [-0.2, -0.15) is 0 Å². The summed E-state index contributed by atoms with van der Waals surface area (Å²) in [5.41, 5.74) is 7.40. The molecule has 0 bridgehead atoms. The molecule has 20 heavy (non-hydrogen) atoms. The Morgan fingerprint density at radius 2 is 2.20 bits per heavy atom. The lowest BCUT2D eigenvalue weighted by Crippen LogP contribution is -2.16. The molecule has 0 fully saturated rings. The van der Waals surface area contributed by atoms with E-state index in [4.69, 9.17) is 22.1 Å². The van der Waals surface area contributed by atoms with E-state index in [-0.39, 0.29) is 5.91 Å². The molecular weight excluding hydrogens is 278 g/mol. The minimum atomic E-state index is -0.229. The number of carbonyl (C=O) groups excluding carboxylic acids is 1. The number of amides is 1. The van der Waals surface area contributed by atoms with Gasteiger partial charge in [0.05, 0.1) is 17.8 Å². The lowest BCUT2D eigenvalue weighted by molar-refractivity contribution is 0.101. The van der Waals surface area contributed by atoms with E-state index in [1.165, 1.54) is 7.11 Å². The average molecular weight is 294 g/mol. The van der Waals surface area contributed by atoms with Crippen LogP contribution in [0, 0.1) is 0 Å². The molecule has 0 aliphatic heterocycles. The van der Waals surface area contributed by atoms with Crippen LogP contribution < -0.4 is 15.8 Å². The molecule has 0 unspecified atom stereocenters. The van der Waals surface area contributed by atoms with Crippen LogP contribution in [-0.4, -0.2) is 17.6 Å². The molecule has 0 saturated carbocycles. The SMILES string of the molecule is CCn1cc(N)cc1C(=O)Nc1ccc(Cl)c(OC)c1. The predicted molar refractivity (Wildman–Crippen MR) is 80.5 cm³/mol. The number of hydrogen-bond acceptors (Lipinski definition) is 3. The summed E-state index contributed by atoms with van der Waals surface area (Å²) < 4.78 is 6.90. The van der Waals surface area contributed by atoms with Gasteiger partial charge < -0.3 is 20.4 Å². The number of rotatable bonds is 4. The number of aryl methyl sites for hydroxylation is 1. The zero-order chi connectivity index (χ0) is 14.7. The van der Waals surface area contributed by atoms with Gasteiger partial charge in [-0.25, -0.2) is 0 Å². The van der Waals surface area contributed by atoms with Crippen LogP contribution in [0.2, 0.25) is 5.02 Å². The molecule has 6 heteroatoms. The second-order valence-corrected chi connectivity index (χ2v) is 4.66. The van der Waals surface area contributed by atoms with Crippen LogP contribution in [0.1, 0.15) is 17.4 Å². The maximum absolute atomic E-state index is 12.2. The maximum atomic E-state index is 12.2. The summed E-state index contributed by atoms with van der Waals surface area (Å²) in [5.74, 6) is 0.280. The molecule has 0 radical (unpaired) electrons. The summed E-state index contributed by atoms with van der Waals surface area (Å²) in [6.07, 6.45) is 1.73. The topological polar surface area (TPSA) is 69.3 Å². The number of nitrogens with two attached hydrogens (primary N) is 1. The first kappa shape index (κ1) is 14.3.